The molecule has 0 N–H and O–H groups in total. The summed E-state index contributed by atoms with van der Waals surface area (Å²) in [5.41, 5.74) is 1.39. The molecule has 3 unspecified atom stereocenters. The molecular formula is C23H28O3. The van der Waals surface area contributed by atoms with Crippen molar-refractivity contribution in [3.8, 4) is 0 Å². The predicted molar refractivity (Wildman–Crippen MR) is 97.0 cm³/mol. The number of carbonyl (C=O) groups is 2. The van der Waals surface area contributed by atoms with E-state index in [0.717, 1.165) is 18.8 Å². The van der Waals surface area contributed by atoms with Crippen molar-refractivity contribution < 1.29 is 14.3 Å². The Balaban J connectivity index is 1.44. The predicted octanol–water partition coefficient (Wildman–Crippen LogP) is 4.23. The number of hydrogen-bond donors (Lipinski definition) is 0. The highest BCUT2D eigenvalue weighted by Crippen LogP contribution is 2.78. The molecule has 8 atom stereocenters. The maximum absolute atomic E-state index is 12.1. The minimum absolute atomic E-state index is 0.0295. The van der Waals surface area contributed by atoms with Crippen LogP contribution in [0.15, 0.2) is 23.8 Å². The van der Waals surface area contributed by atoms with Crippen molar-refractivity contribution in [2.45, 2.75) is 64.4 Å². The third-order valence-electron chi connectivity index (χ3n) is 9.64. The van der Waals surface area contributed by atoms with Gasteiger partial charge in [-0.3, -0.25) is 9.59 Å². The van der Waals surface area contributed by atoms with Crippen LogP contribution in [0.3, 0.4) is 0 Å². The monoisotopic (exact) mass is 352 g/mol. The van der Waals surface area contributed by atoms with E-state index in [1.807, 2.05) is 6.08 Å². The zero-order chi connectivity index (χ0) is 17.9. The first-order valence-electron chi connectivity index (χ1n) is 10.5. The van der Waals surface area contributed by atoms with Gasteiger partial charge < -0.3 is 4.74 Å². The summed E-state index contributed by atoms with van der Waals surface area (Å²) in [6, 6.07) is 0. The minimum Gasteiger partial charge on any atom is -0.458 e. The molecule has 6 rings (SSSR count). The number of esters is 1. The SMILES string of the molecule is C[C@]12CCC(=O)C=C1C=CC1C2CC[C@@]2(C)C1[C@@H]1C[C@@H]1[C@@]21CCC(=O)O1. The van der Waals surface area contributed by atoms with Crippen molar-refractivity contribution >= 4 is 11.8 Å². The maximum Gasteiger partial charge on any atom is 0.306 e. The number of rotatable bonds is 0. The molecule has 4 fully saturated rings. The van der Waals surface area contributed by atoms with Crippen LogP contribution in [0, 0.1) is 40.4 Å². The van der Waals surface area contributed by atoms with Crippen molar-refractivity contribution in [1.29, 1.82) is 0 Å². The molecule has 5 aliphatic carbocycles. The molecule has 0 amide bonds. The number of hydrogen-bond acceptors (Lipinski definition) is 3. The molecule has 3 heteroatoms. The maximum atomic E-state index is 12.1. The summed E-state index contributed by atoms with van der Waals surface area (Å²) < 4.78 is 6.14. The molecule has 1 spiro atoms. The van der Waals surface area contributed by atoms with Gasteiger partial charge in [0.15, 0.2) is 5.78 Å². The Labute approximate surface area is 155 Å². The molecule has 3 nitrogen and oxygen atoms in total. The minimum atomic E-state index is -0.169. The van der Waals surface area contributed by atoms with Crippen LogP contribution in [0.1, 0.15) is 58.8 Å². The van der Waals surface area contributed by atoms with Gasteiger partial charge in [-0.1, -0.05) is 26.0 Å². The van der Waals surface area contributed by atoms with E-state index in [4.69, 9.17) is 4.74 Å². The Bertz CT molecular complexity index is 793. The van der Waals surface area contributed by atoms with Crippen molar-refractivity contribution in [1.82, 2.24) is 0 Å². The molecule has 26 heavy (non-hydrogen) atoms. The summed E-state index contributed by atoms with van der Waals surface area (Å²) in [5.74, 6) is 3.53. The van der Waals surface area contributed by atoms with Gasteiger partial charge in [-0.15, -0.1) is 0 Å². The number of fused-ring (bicyclic) bond motifs is 9. The Kier molecular flexibility index (Phi) is 2.73. The number of carbonyl (C=O) groups excluding carboxylic acids is 2. The van der Waals surface area contributed by atoms with E-state index in [-0.39, 0.29) is 22.4 Å². The molecular weight excluding hydrogens is 324 g/mol. The van der Waals surface area contributed by atoms with Gasteiger partial charge in [0.1, 0.15) is 5.60 Å². The Morgan fingerprint density at radius 1 is 1.08 bits per heavy atom. The lowest BCUT2D eigenvalue weighted by Crippen LogP contribution is -2.56. The highest BCUT2D eigenvalue weighted by molar-refractivity contribution is 5.92. The Morgan fingerprint density at radius 2 is 1.92 bits per heavy atom. The van der Waals surface area contributed by atoms with Crippen LogP contribution in [0.4, 0.5) is 0 Å². The normalized spacial score (nSPS) is 56.4. The summed E-state index contributed by atoms with van der Waals surface area (Å²) >= 11 is 0. The van der Waals surface area contributed by atoms with E-state index in [0.29, 0.717) is 42.3 Å². The second-order valence-corrected chi connectivity index (χ2v) is 10.4. The standard InChI is InChI=1S/C23H28O3/c1-21-8-5-14(24)11-13(21)3-4-15-17(21)6-9-22(2)20(15)16-12-18(16)23(22)10-7-19(25)26-23/h3-4,11,15-18,20H,5-10,12H2,1-2H3/t15?,16-,17?,18+,20?,21+,22+,23+/m1/s1. The van der Waals surface area contributed by atoms with E-state index >= 15 is 0 Å². The summed E-state index contributed by atoms with van der Waals surface area (Å²) in [7, 11) is 0. The lowest BCUT2D eigenvalue weighted by atomic mass is 9.47. The van der Waals surface area contributed by atoms with Gasteiger partial charge in [-0.25, -0.2) is 0 Å². The fourth-order valence-corrected chi connectivity index (χ4v) is 8.36. The second kappa shape index (κ2) is 4.54. The molecule has 1 heterocycles. The molecule has 138 valence electrons. The third kappa shape index (κ3) is 1.59. The van der Waals surface area contributed by atoms with Crippen LogP contribution in [-0.4, -0.2) is 17.4 Å². The molecule has 0 aromatic carbocycles. The third-order valence-corrected chi connectivity index (χ3v) is 9.64. The first kappa shape index (κ1) is 15.7. The summed E-state index contributed by atoms with van der Waals surface area (Å²) in [6.45, 7) is 4.84. The van der Waals surface area contributed by atoms with Crippen molar-refractivity contribution in [2.75, 3.05) is 0 Å². The van der Waals surface area contributed by atoms with Crippen LogP contribution < -0.4 is 0 Å². The van der Waals surface area contributed by atoms with E-state index in [1.54, 1.807) is 0 Å². The topological polar surface area (TPSA) is 43.4 Å². The molecule has 0 aromatic heterocycles. The van der Waals surface area contributed by atoms with Gasteiger partial charge in [0.05, 0.1) is 0 Å². The van der Waals surface area contributed by atoms with Gasteiger partial charge in [0.25, 0.3) is 0 Å². The van der Waals surface area contributed by atoms with Gasteiger partial charge in [0, 0.05) is 24.2 Å². The lowest BCUT2D eigenvalue weighted by Gasteiger charge is -2.58. The largest absolute Gasteiger partial charge is 0.458 e. The zero-order valence-corrected chi connectivity index (χ0v) is 15.8. The van der Waals surface area contributed by atoms with Crippen LogP contribution in [0.5, 0.6) is 0 Å². The van der Waals surface area contributed by atoms with Gasteiger partial charge in [0.2, 0.25) is 0 Å². The molecule has 0 aromatic rings. The van der Waals surface area contributed by atoms with Gasteiger partial charge in [-0.2, -0.15) is 0 Å². The zero-order valence-electron chi connectivity index (χ0n) is 15.8. The Hall–Kier alpha value is -1.38. The molecule has 3 saturated carbocycles. The van der Waals surface area contributed by atoms with Crippen molar-refractivity contribution in [2.24, 2.45) is 40.4 Å². The second-order valence-electron chi connectivity index (χ2n) is 10.4. The number of ketones is 1. The van der Waals surface area contributed by atoms with Crippen LogP contribution >= 0.6 is 0 Å². The van der Waals surface area contributed by atoms with E-state index in [2.05, 4.69) is 26.0 Å². The fourth-order valence-electron chi connectivity index (χ4n) is 8.36. The molecule has 1 saturated heterocycles. The van der Waals surface area contributed by atoms with Crippen molar-refractivity contribution in [3.05, 3.63) is 23.8 Å². The van der Waals surface area contributed by atoms with Crippen molar-refractivity contribution in [3.63, 3.8) is 0 Å². The number of allylic oxidation sites excluding steroid dienone is 4. The summed E-state index contributed by atoms with van der Waals surface area (Å²) in [6.07, 6.45) is 13.5. The fraction of sp³-hybridized carbons (Fsp3) is 0.739. The first-order valence-corrected chi connectivity index (χ1v) is 10.5. The Morgan fingerprint density at radius 3 is 2.69 bits per heavy atom. The highest BCUT2D eigenvalue weighted by Gasteiger charge is 2.78. The van der Waals surface area contributed by atoms with Crippen LogP contribution in [0.2, 0.25) is 0 Å². The van der Waals surface area contributed by atoms with E-state index < -0.39 is 0 Å². The van der Waals surface area contributed by atoms with Crippen LogP contribution in [0.25, 0.3) is 0 Å². The highest BCUT2D eigenvalue weighted by atomic mass is 16.6. The van der Waals surface area contributed by atoms with E-state index in [1.165, 1.54) is 24.8 Å². The van der Waals surface area contributed by atoms with Gasteiger partial charge in [-0.05, 0) is 72.8 Å². The average Bonchev–Trinajstić information content (AvgIpc) is 3.24. The summed E-state index contributed by atoms with van der Waals surface area (Å²) in [4.78, 5) is 24.0. The number of ether oxygens (including phenoxy) is 1. The molecule has 0 radical (unpaired) electrons. The first-order chi connectivity index (χ1) is 12.4. The molecule has 0 bridgehead atoms. The van der Waals surface area contributed by atoms with E-state index in [9.17, 15) is 9.59 Å². The quantitative estimate of drug-likeness (QED) is 0.613. The van der Waals surface area contributed by atoms with Crippen LogP contribution in [-0.2, 0) is 14.3 Å². The molecule has 1 aliphatic heterocycles. The average molecular weight is 352 g/mol. The summed E-state index contributed by atoms with van der Waals surface area (Å²) in [5, 5.41) is 0. The molecule has 6 aliphatic rings. The smallest absolute Gasteiger partial charge is 0.306 e. The lowest BCUT2D eigenvalue weighted by molar-refractivity contribution is -0.172. The van der Waals surface area contributed by atoms with Gasteiger partial charge >= 0.3 is 5.97 Å².